The van der Waals surface area contributed by atoms with E-state index in [-0.39, 0.29) is 5.91 Å². The Morgan fingerprint density at radius 1 is 1.32 bits per heavy atom. The molecule has 3 rings (SSSR count). The molecule has 2 aliphatic heterocycles. The number of likely N-dealkylation sites (tertiary alicyclic amines) is 1. The van der Waals surface area contributed by atoms with E-state index < -0.39 is 0 Å². The molecule has 0 aliphatic carbocycles. The van der Waals surface area contributed by atoms with Crippen LogP contribution in [-0.2, 0) is 0 Å². The predicted octanol–water partition coefficient (Wildman–Crippen LogP) is 3.52. The van der Waals surface area contributed by atoms with Crippen molar-refractivity contribution in [3.8, 4) is 0 Å². The highest BCUT2D eigenvalue weighted by Gasteiger charge is 2.32. The molecule has 5 heteroatoms. The molecule has 2 aliphatic rings. The Hall–Kier alpha value is -0.710. The number of rotatable bonds is 3. The molecular weight excluding hydrogens is 316 g/mol. The number of hydrogen-bond acceptors (Lipinski definition) is 3. The van der Waals surface area contributed by atoms with Crippen LogP contribution in [0.25, 0.3) is 0 Å². The molecule has 0 saturated carbocycles. The quantitative estimate of drug-likeness (QED) is 0.856. The van der Waals surface area contributed by atoms with Gasteiger partial charge in [0.1, 0.15) is 0 Å². The summed E-state index contributed by atoms with van der Waals surface area (Å²) >= 11 is 7.83. The number of nitrogens with zero attached hydrogens (tertiary/aromatic N) is 1. The molecule has 2 atom stereocenters. The maximum Gasteiger partial charge on any atom is 0.255 e. The van der Waals surface area contributed by atoms with Crippen molar-refractivity contribution in [3.63, 3.8) is 0 Å². The highest BCUT2D eigenvalue weighted by molar-refractivity contribution is 7.99. The third-order valence-corrected chi connectivity index (χ3v) is 5.97. The van der Waals surface area contributed by atoms with Crippen LogP contribution in [0.4, 0.5) is 0 Å². The van der Waals surface area contributed by atoms with Crippen LogP contribution in [-0.4, -0.2) is 42.7 Å². The fraction of sp³-hybridized carbons (Fsp3) is 0.588. The summed E-state index contributed by atoms with van der Waals surface area (Å²) < 4.78 is 0. The molecule has 2 fully saturated rings. The van der Waals surface area contributed by atoms with Gasteiger partial charge in [0.15, 0.2) is 0 Å². The first-order chi connectivity index (χ1) is 10.7. The number of benzene rings is 1. The van der Waals surface area contributed by atoms with Gasteiger partial charge in [0.2, 0.25) is 0 Å². The molecule has 2 saturated heterocycles. The van der Waals surface area contributed by atoms with E-state index >= 15 is 0 Å². The van der Waals surface area contributed by atoms with Gasteiger partial charge < -0.3 is 10.2 Å². The monoisotopic (exact) mass is 338 g/mol. The fourth-order valence-corrected chi connectivity index (χ4v) is 4.49. The summed E-state index contributed by atoms with van der Waals surface area (Å²) in [5, 5.41) is 4.12. The van der Waals surface area contributed by atoms with Gasteiger partial charge in [0.05, 0.1) is 5.56 Å². The molecule has 0 bridgehead atoms. The summed E-state index contributed by atoms with van der Waals surface area (Å²) in [6, 6.07) is 5.67. The molecule has 0 unspecified atom stereocenters. The summed E-state index contributed by atoms with van der Waals surface area (Å²) in [4.78, 5) is 16.0. The molecule has 3 nitrogen and oxygen atoms in total. The van der Waals surface area contributed by atoms with Crippen LogP contribution in [0.5, 0.6) is 0 Å². The molecular formula is C17H23ClN2OS. The Labute approximate surface area is 141 Å². The van der Waals surface area contributed by atoms with Crippen LogP contribution in [0.1, 0.15) is 30.1 Å². The van der Waals surface area contributed by atoms with Gasteiger partial charge in [-0.1, -0.05) is 18.5 Å². The minimum Gasteiger partial charge on any atom is -0.339 e. The first-order valence-corrected chi connectivity index (χ1v) is 9.47. The first kappa shape index (κ1) is 16.2. The van der Waals surface area contributed by atoms with Gasteiger partial charge in [-0.2, -0.15) is 0 Å². The van der Waals surface area contributed by atoms with Crippen LogP contribution in [0.15, 0.2) is 23.1 Å². The molecule has 1 aromatic rings. The zero-order chi connectivity index (χ0) is 15.5. The first-order valence-electron chi connectivity index (χ1n) is 8.11. The Balaban J connectivity index is 1.77. The average molecular weight is 339 g/mol. The zero-order valence-corrected chi connectivity index (χ0v) is 14.6. The highest BCUT2D eigenvalue weighted by atomic mass is 35.5. The number of carbonyl (C=O) groups is 1. The summed E-state index contributed by atoms with van der Waals surface area (Å²) in [5.41, 5.74) is 0.768. The van der Waals surface area contributed by atoms with E-state index in [1.54, 1.807) is 11.8 Å². The lowest BCUT2D eigenvalue weighted by Crippen LogP contribution is -2.33. The van der Waals surface area contributed by atoms with Crippen molar-refractivity contribution in [2.24, 2.45) is 11.8 Å². The SMILES string of the molecule is CCSc1ccc(Cl)cc1C(=O)N1CC[C@@H]2CNC[C@@H]2CC1. The maximum atomic E-state index is 13.0. The lowest BCUT2D eigenvalue weighted by atomic mass is 9.92. The third kappa shape index (κ3) is 3.44. The van der Waals surface area contributed by atoms with Gasteiger partial charge in [-0.15, -0.1) is 11.8 Å². The Kier molecular flexibility index (Phi) is 5.32. The van der Waals surface area contributed by atoms with Crippen LogP contribution in [0, 0.1) is 11.8 Å². The van der Waals surface area contributed by atoms with E-state index in [1.807, 2.05) is 23.1 Å². The molecule has 1 amide bonds. The second kappa shape index (κ2) is 7.24. The van der Waals surface area contributed by atoms with Gasteiger partial charge >= 0.3 is 0 Å². The summed E-state index contributed by atoms with van der Waals surface area (Å²) in [6.07, 6.45) is 2.22. The normalized spacial score (nSPS) is 24.9. The number of halogens is 1. The van der Waals surface area contributed by atoms with Crippen LogP contribution >= 0.6 is 23.4 Å². The Bertz CT molecular complexity index is 537. The van der Waals surface area contributed by atoms with Crippen LogP contribution < -0.4 is 5.32 Å². The van der Waals surface area contributed by atoms with E-state index in [0.29, 0.717) is 5.02 Å². The van der Waals surface area contributed by atoms with E-state index in [4.69, 9.17) is 11.6 Å². The predicted molar refractivity (Wildman–Crippen MR) is 92.8 cm³/mol. The molecule has 120 valence electrons. The summed E-state index contributed by atoms with van der Waals surface area (Å²) in [5.74, 6) is 2.58. The van der Waals surface area contributed by atoms with Crippen molar-refractivity contribution < 1.29 is 4.79 Å². The maximum absolute atomic E-state index is 13.0. The molecule has 22 heavy (non-hydrogen) atoms. The summed E-state index contributed by atoms with van der Waals surface area (Å²) in [7, 11) is 0. The average Bonchev–Trinajstić information content (AvgIpc) is 2.87. The lowest BCUT2D eigenvalue weighted by molar-refractivity contribution is 0.0755. The number of amides is 1. The molecule has 1 aromatic carbocycles. The molecule has 1 N–H and O–H groups in total. The topological polar surface area (TPSA) is 32.3 Å². The minimum absolute atomic E-state index is 0.145. The number of thioether (sulfide) groups is 1. The van der Waals surface area contributed by atoms with E-state index in [0.717, 1.165) is 67.1 Å². The smallest absolute Gasteiger partial charge is 0.255 e. The van der Waals surface area contributed by atoms with Crippen LogP contribution in [0.3, 0.4) is 0 Å². The van der Waals surface area contributed by atoms with Crippen molar-refractivity contribution in [3.05, 3.63) is 28.8 Å². The van der Waals surface area contributed by atoms with E-state index in [9.17, 15) is 4.79 Å². The van der Waals surface area contributed by atoms with E-state index in [2.05, 4.69) is 12.2 Å². The van der Waals surface area contributed by atoms with Gasteiger partial charge in [0, 0.05) is 23.0 Å². The zero-order valence-electron chi connectivity index (χ0n) is 13.0. The van der Waals surface area contributed by atoms with Crippen molar-refractivity contribution in [2.75, 3.05) is 31.9 Å². The van der Waals surface area contributed by atoms with Crippen LogP contribution in [0.2, 0.25) is 5.02 Å². The Morgan fingerprint density at radius 2 is 2.00 bits per heavy atom. The standard InChI is InChI=1S/C17H23ClN2OS/c1-2-22-16-4-3-14(18)9-15(16)17(21)20-7-5-12-10-19-11-13(12)6-8-20/h3-4,9,12-13,19H,2,5-8,10-11H2,1H3/t12-,13+. The molecule has 0 aromatic heterocycles. The van der Waals surface area contributed by atoms with E-state index in [1.165, 1.54) is 0 Å². The molecule has 2 heterocycles. The van der Waals surface area contributed by atoms with Gasteiger partial charge in [-0.25, -0.2) is 0 Å². The summed E-state index contributed by atoms with van der Waals surface area (Å²) in [6.45, 7) is 6.06. The number of hydrogen-bond donors (Lipinski definition) is 1. The van der Waals surface area contributed by atoms with Crippen molar-refractivity contribution in [1.29, 1.82) is 0 Å². The van der Waals surface area contributed by atoms with Crippen molar-refractivity contribution in [2.45, 2.75) is 24.7 Å². The van der Waals surface area contributed by atoms with Gasteiger partial charge in [-0.3, -0.25) is 4.79 Å². The van der Waals surface area contributed by atoms with Gasteiger partial charge in [-0.05, 0) is 61.7 Å². The fourth-order valence-electron chi connectivity index (χ4n) is 3.54. The number of nitrogens with one attached hydrogen (secondary N) is 1. The molecule has 0 spiro atoms. The molecule has 0 radical (unpaired) electrons. The van der Waals surface area contributed by atoms with Crippen molar-refractivity contribution >= 4 is 29.3 Å². The minimum atomic E-state index is 0.145. The van der Waals surface area contributed by atoms with Gasteiger partial charge in [0.25, 0.3) is 5.91 Å². The largest absolute Gasteiger partial charge is 0.339 e. The lowest BCUT2D eigenvalue weighted by Gasteiger charge is -2.22. The second-order valence-corrected chi connectivity index (χ2v) is 7.86. The number of carbonyl (C=O) groups excluding carboxylic acids is 1. The second-order valence-electron chi connectivity index (χ2n) is 6.12. The van der Waals surface area contributed by atoms with Crippen molar-refractivity contribution in [1.82, 2.24) is 10.2 Å². The third-order valence-electron chi connectivity index (χ3n) is 4.78. The number of fused-ring (bicyclic) bond motifs is 1. The Morgan fingerprint density at radius 3 is 2.64 bits per heavy atom. The highest BCUT2D eigenvalue weighted by Crippen LogP contribution is 2.30.